The smallest absolute Gasteiger partial charge is 0.130 e. The molecular formula is C10H12N2S. The van der Waals surface area contributed by atoms with Crippen molar-refractivity contribution >= 4 is 23.0 Å². The van der Waals surface area contributed by atoms with Gasteiger partial charge in [-0.25, -0.2) is 4.98 Å². The molecule has 0 aliphatic heterocycles. The van der Waals surface area contributed by atoms with E-state index in [9.17, 15) is 0 Å². The van der Waals surface area contributed by atoms with Gasteiger partial charge in [0.25, 0.3) is 0 Å². The highest BCUT2D eigenvalue weighted by molar-refractivity contribution is 7.80. The number of nitrogens with zero attached hydrogens (tertiary/aromatic N) is 1. The van der Waals surface area contributed by atoms with Gasteiger partial charge in [-0.3, -0.25) is 0 Å². The van der Waals surface area contributed by atoms with Crippen molar-refractivity contribution in [3.63, 3.8) is 0 Å². The number of anilines is 1. The third-order valence-electron chi connectivity index (χ3n) is 2.09. The van der Waals surface area contributed by atoms with Crippen molar-refractivity contribution in [3.8, 4) is 0 Å². The van der Waals surface area contributed by atoms with Gasteiger partial charge in [0.2, 0.25) is 0 Å². The first-order valence-electron chi connectivity index (χ1n) is 4.50. The molecule has 0 spiro atoms. The highest BCUT2D eigenvalue weighted by Gasteiger charge is 2.26. The number of nitrogens with one attached hydrogen (secondary N) is 1. The van der Waals surface area contributed by atoms with E-state index in [-0.39, 0.29) is 0 Å². The molecular weight excluding hydrogens is 180 g/mol. The van der Waals surface area contributed by atoms with E-state index in [0.717, 1.165) is 16.5 Å². The van der Waals surface area contributed by atoms with Gasteiger partial charge in [-0.1, -0.05) is 18.3 Å². The SMILES string of the molecule is Cc1cccc(NC(=S)C2CC2)n1. The van der Waals surface area contributed by atoms with Gasteiger partial charge >= 0.3 is 0 Å². The number of rotatable bonds is 2. The molecule has 1 fully saturated rings. The molecule has 68 valence electrons. The van der Waals surface area contributed by atoms with Gasteiger partial charge in [-0.2, -0.15) is 0 Å². The second-order valence-corrected chi connectivity index (χ2v) is 3.87. The average Bonchev–Trinajstić information content (AvgIpc) is 2.85. The fourth-order valence-corrected chi connectivity index (χ4v) is 1.53. The van der Waals surface area contributed by atoms with Crippen LogP contribution < -0.4 is 5.32 Å². The Morgan fingerprint density at radius 1 is 1.54 bits per heavy atom. The van der Waals surface area contributed by atoms with Crippen LogP contribution in [0.15, 0.2) is 18.2 Å². The average molecular weight is 192 g/mol. The fraction of sp³-hybridized carbons (Fsp3) is 0.400. The first-order chi connectivity index (χ1) is 6.25. The van der Waals surface area contributed by atoms with Gasteiger partial charge < -0.3 is 5.32 Å². The van der Waals surface area contributed by atoms with Crippen LogP contribution in [0.25, 0.3) is 0 Å². The Kier molecular flexibility index (Phi) is 2.27. The summed E-state index contributed by atoms with van der Waals surface area (Å²) in [5.41, 5.74) is 1.02. The minimum atomic E-state index is 0.609. The third kappa shape index (κ3) is 2.25. The Bertz CT molecular complexity index is 331. The lowest BCUT2D eigenvalue weighted by atomic mass is 10.3. The quantitative estimate of drug-likeness (QED) is 0.729. The molecule has 0 unspecified atom stereocenters. The summed E-state index contributed by atoms with van der Waals surface area (Å²) in [5.74, 6) is 1.48. The first kappa shape index (κ1) is 8.63. The predicted octanol–water partition coefficient (Wildman–Crippen LogP) is 2.54. The van der Waals surface area contributed by atoms with Crippen molar-refractivity contribution < 1.29 is 0 Å². The van der Waals surface area contributed by atoms with Crippen LogP contribution in [0.3, 0.4) is 0 Å². The molecule has 0 bridgehead atoms. The van der Waals surface area contributed by atoms with Gasteiger partial charge in [0.15, 0.2) is 0 Å². The van der Waals surface area contributed by atoms with Crippen LogP contribution in [-0.4, -0.2) is 9.97 Å². The van der Waals surface area contributed by atoms with E-state index in [0.29, 0.717) is 5.92 Å². The Morgan fingerprint density at radius 3 is 2.92 bits per heavy atom. The molecule has 1 heterocycles. The molecule has 3 heteroatoms. The van der Waals surface area contributed by atoms with Crippen molar-refractivity contribution in [2.45, 2.75) is 19.8 Å². The molecule has 1 saturated carbocycles. The summed E-state index contributed by atoms with van der Waals surface area (Å²) in [6.07, 6.45) is 2.47. The van der Waals surface area contributed by atoms with Crippen LogP contribution in [0.1, 0.15) is 18.5 Å². The van der Waals surface area contributed by atoms with Crippen molar-refractivity contribution in [3.05, 3.63) is 23.9 Å². The molecule has 1 aromatic heterocycles. The minimum Gasteiger partial charge on any atom is -0.335 e. The number of aryl methyl sites for hydroxylation is 1. The Hall–Kier alpha value is -0.960. The molecule has 0 saturated heterocycles. The van der Waals surface area contributed by atoms with Crippen molar-refractivity contribution in [1.29, 1.82) is 0 Å². The molecule has 2 rings (SSSR count). The van der Waals surface area contributed by atoms with Crippen LogP contribution in [0, 0.1) is 12.8 Å². The molecule has 13 heavy (non-hydrogen) atoms. The van der Waals surface area contributed by atoms with Crippen LogP contribution in [0.4, 0.5) is 5.82 Å². The first-order valence-corrected chi connectivity index (χ1v) is 4.91. The summed E-state index contributed by atoms with van der Waals surface area (Å²) in [5, 5.41) is 3.16. The Labute approximate surface area is 83.4 Å². The van der Waals surface area contributed by atoms with Gasteiger partial charge in [-0.05, 0) is 31.9 Å². The van der Waals surface area contributed by atoms with Gasteiger partial charge in [0.05, 0.1) is 4.99 Å². The molecule has 0 aromatic carbocycles. The maximum absolute atomic E-state index is 5.21. The normalized spacial score (nSPS) is 15.5. The molecule has 1 aromatic rings. The molecule has 1 aliphatic carbocycles. The van der Waals surface area contributed by atoms with Crippen LogP contribution in [0.2, 0.25) is 0 Å². The summed E-state index contributed by atoms with van der Waals surface area (Å²) in [6, 6.07) is 5.91. The van der Waals surface area contributed by atoms with Gasteiger partial charge in [0, 0.05) is 11.6 Å². The summed E-state index contributed by atoms with van der Waals surface area (Å²) < 4.78 is 0. The van der Waals surface area contributed by atoms with Gasteiger partial charge in [0.1, 0.15) is 5.82 Å². The molecule has 1 N–H and O–H groups in total. The zero-order valence-electron chi connectivity index (χ0n) is 7.58. The monoisotopic (exact) mass is 192 g/mol. The van der Waals surface area contributed by atoms with Crippen molar-refractivity contribution in [1.82, 2.24) is 4.98 Å². The fourth-order valence-electron chi connectivity index (χ4n) is 1.19. The number of pyridine rings is 1. The van der Waals surface area contributed by atoms with Crippen LogP contribution >= 0.6 is 12.2 Å². The highest BCUT2D eigenvalue weighted by atomic mass is 32.1. The van der Waals surface area contributed by atoms with Gasteiger partial charge in [-0.15, -0.1) is 0 Å². The third-order valence-corrected chi connectivity index (χ3v) is 2.52. The van der Waals surface area contributed by atoms with E-state index in [1.807, 2.05) is 25.1 Å². The molecule has 0 radical (unpaired) electrons. The molecule has 2 nitrogen and oxygen atoms in total. The standard InChI is InChI=1S/C10H12N2S/c1-7-3-2-4-9(11-7)12-10(13)8-5-6-8/h2-4,8H,5-6H2,1H3,(H,11,12,13). The largest absolute Gasteiger partial charge is 0.335 e. The Morgan fingerprint density at radius 2 is 2.31 bits per heavy atom. The van der Waals surface area contributed by atoms with Crippen LogP contribution in [0.5, 0.6) is 0 Å². The second kappa shape index (κ2) is 3.42. The van der Waals surface area contributed by atoms with E-state index >= 15 is 0 Å². The topological polar surface area (TPSA) is 24.9 Å². The number of hydrogen-bond donors (Lipinski definition) is 1. The summed E-state index contributed by atoms with van der Waals surface area (Å²) >= 11 is 5.21. The Balaban J connectivity index is 2.04. The maximum Gasteiger partial charge on any atom is 0.130 e. The molecule has 0 atom stereocenters. The summed E-state index contributed by atoms with van der Waals surface area (Å²) in [6.45, 7) is 1.98. The van der Waals surface area contributed by atoms with Crippen molar-refractivity contribution in [2.24, 2.45) is 5.92 Å². The van der Waals surface area contributed by atoms with Crippen molar-refractivity contribution in [2.75, 3.05) is 5.32 Å². The van der Waals surface area contributed by atoms with E-state index in [2.05, 4.69) is 10.3 Å². The lowest BCUT2D eigenvalue weighted by Gasteiger charge is -2.05. The lowest BCUT2D eigenvalue weighted by Crippen LogP contribution is -2.12. The zero-order valence-corrected chi connectivity index (χ0v) is 8.40. The number of aromatic nitrogens is 1. The molecule has 1 aliphatic rings. The van der Waals surface area contributed by atoms with E-state index in [4.69, 9.17) is 12.2 Å². The van der Waals surface area contributed by atoms with E-state index < -0.39 is 0 Å². The van der Waals surface area contributed by atoms with E-state index in [1.54, 1.807) is 0 Å². The van der Waals surface area contributed by atoms with E-state index in [1.165, 1.54) is 12.8 Å². The number of thiocarbonyl (C=S) groups is 1. The highest BCUT2D eigenvalue weighted by Crippen LogP contribution is 2.30. The summed E-state index contributed by atoms with van der Waals surface area (Å²) in [7, 11) is 0. The number of hydrogen-bond acceptors (Lipinski definition) is 2. The second-order valence-electron chi connectivity index (χ2n) is 3.43. The minimum absolute atomic E-state index is 0.609. The predicted molar refractivity (Wildman–Crippen MR) is 57.9 cm³/mol. The maximum atomic E-state index is 5.21. The zero-order chi connectivity index (χ0) is 9.26. The van der Waals surface area contributed by atoms with Crippen LogP contribution in [-0.2, 0) is 0 Å². The summed E-state index contributed by atoms with van der Waals surface area (Å²) in [4.78, 5) is 5.27. The lowest BCUT2D eigenvalue weighted by molar-refractivity contribution is 1.17. The molecule has 0 amide bonds.